The van der Waals surface area contributed by atoms with Crippen molar-refractivity contribution < 1.29 is 14.7 Å². The van der Waals surface area contributed by atoms with Crippen LogP contribution in [0.5, 0.6) is 0 Å². The van der Waals surface area contributed by atoms with Gasteiger partial charge >= 0.3 is 12.0 Å². The van der Waals surface area contributed by atoms with Gasteiger partial charge in [-0.1, -0.05) is 20.3 Å². The van der Waals surface area contributed by atoms with Gasteiger partial charge in [0, 0.05) is 0 Å². The molecular weight excluding hydrogens is 238 g/mol. The van der Waals surface area contributed by atoms with Crippen molar-refractivity contribution in [3.8, 4) is 0 Å². The normalized spacial score (nSPS) is 13.4. The molecule has 0 saturated heterocycles. The van der Waals surface area contributed by atoms with Crippen molar-refractivity contribution in [2.24, 2.45) is 5.92 Å². The molecule has 0 fully saturated rings. The highest BCUT2D eigenvalue weighted by Crippen LogP contribution is 2.08. The summed E-state index contributed by atoms with van der Waals surface area (Å²) in [6, 6.07) is -1.62. The number of carboxylic acid groups (broad SMARTS) is 1. The fourth-order valence-electron chi connectivity index (χ4n) is 1.27. The van der Waals surface area contributed by atoms with Gasteiger partial charge in [0.2, 0.25) is 0 Å². The lowest BCUT2D eigenvalue weighted by atomic mass is 10.00. The zero-order valence-electron chi connectivity index (χ0n) is 10.1. The monoisotopic (exact) mass is 253 g/mol. The van der Waals surface area contributed by atoms with Crippen LogP contribution in [0, 0.1) is 5.92 Å². The van der Waals surface area contributed by atoms with E-state index in [2.05, 4.69) is 25.8 Å². The molecule has 0 radical (unpaired) electrons. The van der Waals surface area contributed by atoms with Crippen molar-refractivity contribution >= 4 is 17.9 Å². The lowest BCUT2D eigenvalue weighted by Gasteiger charge is -2.19. The van der Waals surface area contributed by atoms with Crippen molar-refractivity contribution in [1.29, 1.82) is 0 Å². The third kappa shape index (κ3) is 3.96. The van der Waals surface area contributed by atoms with Crippen LogP contribution in [0.4, 0.5) is 10.7 Å². The number of carboxylic acids is 1. The highest BCUT2D eigenvalue weighted by atomic mass is 16.4. The Labute approximate surface area is 104 Å². The maximum atomic E-state index is 11.6. The van der Waals surface area contributed by atoms with Gasteiger partial charge in [-0.2, -0.15) is 5.10 Å². The number of anilines is 1. The molecule has 1 aromatic rings. The predicted octanol–water partition coefficient (Wildman–Crippen LogP) is 0.492. The Bertz CT molecular complexity index is 411. The number of rotatable bonds is 5. The number of nitrogens with zero attached hydrogens (tertiary/aromatic N) is 3. The molecule has 1 rings (SSSR count). The Balaban J connectivity index is 2.60. The van der Waals surface area contributed by atoms with Gasteiger partial charge in [0.15, 0.2) is 0 Å². The minimum Gasteiger partial charge on any atom is -0.480 e. The molecule has 8 heteroatoms. The Morgan fingerprint density at radius 3 is 2.67 bits per heavy atom. The van der Waals surface area contributed by atoms with E-state index in [9.17, 15) is 9.59 Å². The van der Waals surface area contributed by atoms with Crippen LogP contribution in [-0.2, 0) is 4.79 Å². The molecule has 2 unspecified atom stereocenters. The second-order valence-corrected chi connectivity index (χ2v) is 3.77. The van der Waals surface area contributed by atoms with Crippen LogP contribution >= 0.6 is 0 Å². The van der Waals surface area contributed by atoms with Gasteiger partial charge < -0.3 is 10.4 Å². The highest BCUT2D eigenvalue weighted by molar-refractivity contribution is 5.90. The Hall–Kier alpha value is -2.25. The number of carbonyl (C=O) groups is 2. The van der Waals surface area contributed by atoms with E-state index in [0.29, 0.717) is 6.42 Å². The second-order valence-electron chi connectivity index (χ2n) is 3.77. The maximum absolute atomic E-state index is 11.6. The van der Waals surface area contributed by atoms with E-state index in [1.165, 1.54) is 12.4 Å². The standard InChI is InChI=1S/C10H15N5O3/c1-3-6(2)7(8(16)17)13-10(18)14-9-11-4-5-12-15-9/h4-7H,3H2,1-2H3,(H,16,17)(H2,11,13,14,15,18). The molecule has 8 nitrogen and oxygen atoms in total. The van der Waals surface area contributed by atoms with Gasteiger partial charge in [0.25, 0.3) is 5.95 Å². The van der Waals surface area contributed by atoms with E-state index in [4.69, 9.17) is 5.11 Å². The molecule has 0 saturated carbocycles. The number of hydrogen-bond acceptors (Lipinski definition) is 5. The number of hydrogen-bond donors (Lipinski definition) is 3. The number of aromatic nitrogens is 3. The first-order chi connectivity index (χ1) is 8.54. The molecular formula is C10H15N5O3. The van der Waals surface area contributed by atoms with Crippen molar-refractivity contribution in [1.82, 2.24) is 20.5 Å². The zero-order valence-corrected chi connectivity index (χ0v) is 10.1. The SMILES string of the molecule is CCC(C)C(NC(=O)Nc1nccnn1)C(=O)O. The van der Waals surface area contributed by atoms with Crippen molar-refractivity contribution in [3.63, 3.8) is 0 Å². The summed E-state index contributed by atoms with van der Waals surface area (Å²) in [6.07, 6.45) is 3.37. The quantitative estimate of drug-likeness (QED) is 0.703. The summed E-state index contributed by atoms with van der Waals surface area (Å²) >= 11 is 0. The third-order valence-corrected chi connectivity index (χ3v) is 2.47. The molecule has 98 valence electrons. The van der Waals surface area contributed by atoms with E-state index in [1.807, 2.05) is 6.92 Å². The van der Waals surface area contributed by atoms with Gasteiger partial charge in [0.05, 0.1) is 12.4 Å². The number of urea groups is 1. The summed E-state index contributed by atoms with van der Waals surface area (Å²) in [5.74, 6) is -1.24. The first-order valence-corrected chi connectivity index (χ1v) is 5.48. The molecule has 18 heavy (non-hydrogen) atoms. The first kappa shape index (κ1) is 13.8. The molecule has 2 amide bonds. The van der Waals surface area contributed by atoms with Crippen LogP contribution in [0.3, 0.4) is 0 Å². The molecule has 0 spiro atoms. The van der Waals surface area contributed by atoms with E-state index in [1.54, 1.807) is 6.92 Å². The lowest BCUT2D eigenvalue weighted by molar-refractivity contribution is -0.140. The summed E-state index contributed by atoms with van der Waals surface area (Å²) in [5, 5.41) is 20.8. The Morgan fingerprint density at radius 2 is 2.17 bits per heavy atom. The van der Waals surface area contributed by atoms with Crippen LogP contribution in [-0.4, -0.2) is 38.3 Å². The van der Waals surface area contributed by atoms with Gasteiger partial charge in [-0.25, -0.2) is 14.6 Å². The highest BCUT2D eigenvalue weighted by Gasteiger charge is 2.25. The largest absolute Gasteiger partial charge is 0.480 e. The van der Waals surface area contributed by atoms with E-state index < -0.39 is 18.0 Å². The predicted molar refractivity (Wildman–Crippen MR) is 62.9 cm³/mol. The molecule has 0 aliphatic rings. The summed E-state index contributed by atoms with van der Waals surface area (Å²) in [5.41, 5.74) is 0. The molecule has 1 heterocycles. The van der Waals surface area contributed by atoms with Crippen LogP contribution in [0.15, 0.2) is 12.4 Å². The number of nitrogens with one attached hydrogen (secondary N) is 2. The molecule has 1 aromatic heterocycles. The Morgan fingerprint density at radius 1 is 1.44 bits per heavy atom. The molecule has 0 aliphatic carbocycles. The third-order valence-electron chi connectivity index (χ3n) is 2.47. The average molecular weight is 253 g/mol. The van der Waals surface area contributed by atoms with E-state index >= 15 is 0 Å². The Kier molecular flexibility index (Phi) is 4.97. The molecule has 0 aliphatic heterocycles. The fourth-order valence-corrected chi connectivity index (χ4v) is 1.27. The topological polar surface area (TPSA) is 117 Å². The van der Waals surface area contributed by atoms with Crippen molar-refractivity contribution in [2.75, 3.05) is 5.32 Å². The first-order valence-electron chi connectivity index (χ1n) is 5.48. The minimum atomic E-state index is -1.08. The van der Waals surface area contributed by atoms with E-state index in [0.717, 1.165) is 0 Å². The van der Waals surface area contributed by atoms with Crippen molar-refractivity contribution in [2.45, 2.75) is 26.3 Å². The molecule has 3 N–H and O–H groups in total. The van der Waals surface area contributed by atoms with E-state index in [-0.39, 0.29) is 11.9 Å². The summed E-state index contributed by atoms with van der Waals surface area (Å²) in [4.78, 5) is 26.3. The van der Waals surface area contributed by atoms with Crippen LogP contribution in [0.1, 0.15) is 20.3 Å². The summed E-state index contributed by atoms with van der Waals surface area (Å²) in [6.45, 7) is 3.60. The molecule has 2 atom stereocenters. The average Bonchev–Trinajstić information content (AvgIpc) is 2.36. The molecule has 0 aromatic carbocycles. The maximum Gasteiger partial charge on any atom is 0.326 e. The second kappa shape index (κ2) is 6.48. The number of aliphatic carboxylic acids is 1. The van der Waals surface area contributed by atoms with Crippen molar-refractivity contribution in [3.05, 3.63) is 12.4 Å². The van der Waals surface area contributed by atoms with Crippen LogP contribution in [0.2, 0.25) is 0 Å². The smallest absolute Gasteiger partial charge is 0.326 e. The lowest BCUT2D eigenvalue weighted by Crippen LogP contribution is -2.46. The summed E-state index contributed by atoms with van der Waals surface area (Å²) < 4.78 is 0. The zero-order chi connectivity index (χ0) is 13.5. The molecule has 0 bridgehead atoms. The van der Waals surface area contributed by atoms with Gasteiger partial charge in [0.1, 0.15) is 6.04 Å². The summed E-state index contributed by atoms with van der Waals surface area (Å²) in [7, 11) is 0. The fraction of sp³-hybridized carbons (Fsp3) is 0.500. The number of carbonyl (C=O) groups excluding carboxylic acids is 1. The van der Waals surface area contributed by atoms with Gasteiger partial charge in [-0.05, 0) is 5.92 Å². The van der Waals surface area contributed by atoms with Crippen LogP contribution < -0.4 is 10.6 Å². The van der Waals surface area contributed by atoms with Gasteiger partial charge in [-0.3, -0.25) is 5.32 Å². The van der Waals surface area contributed by atoms with Gasteiger partial charge in [-0.15, -0.1) is 5.10 Å². The van der Waals surface area contributed by atoms with Crippen LogP contribution in [0.25, 0.3) is 0 Å². The number of amides is 2. The minimum absolute atomic E-state index is 0.0169.